The van der Waals surface area contributed by atoms with E-state index in [4.69, 9.17) is 0 Å². The van der Waals surface area contributed by atoms with E-state index in [0.717, 1.165) is 21.1 Å². The number of pyridine rings is 1. The maximum absolute atomic E-state index is 10.0. The minimum atomic E-state index is -0.500. The van der Waals surface area contributed by atoms with E-state index in [1.165, 1.54) is 11.3 Å². The van der Waals surface area contributed by atoms with Crippen LogP contribution in [0.5, 0.6) is 0 Å². The van der Waals surface area contributed by atoms with Crippen molar-refractivity contribution in [3.05, 3.63) is 45.7 Å². The third-order valence-electron chi connectivity index (χ3n) is 2.47. The number of rotatable bonds is 3. The zero-order valence-corrected chi connectivity index (χ0v) is 10.2. The number of aromatic nitrogens is 2. The van der Waals surface area contributed by atoms with Crippen LogP contribution >= 0.6 is 11.3 Å². The second-order valence-corrected chi connectivity index (χ2v) is 5.03. The number of hydrogen-bond donors (Lipinski definition) is 1. The van der Waals surface area contributed by atoms with Crippen LogP contribution in [0.15, 0.2) is 24.5 Å². The van der Waals surface area contributed by atoms with E-state index in [0.29, 0.717) is 6.42 Å². The molecule has 3 nitrogen and oxygen atoms in total. The lowest BCUT2D eigenvalue weighted by Crippen LogP contribution is -2.03. The van der Waals surface area contributed by atoms with Crippen molar-refractivity contribution in [2.45, 2.75) is 26.4 Å². The van der Waals surface area contributed by atoms with Gasteiger partial charge in [0.1, 0.15) is 0 Å². The van der Waals surface area contributed by atoms with E-state index in [2.05, 4.69) is 9.97 Å². The van der Waals surface area contributed by atoms with Crippen LogP contribution in [0, 0.1) is 13.8 Å². The number of nitrogens with zero attached hydrogens (tertiary/aromatic N) is 2. The second-order valence-electron chi connectivity index (χ2n) is 3.77. The molecular formula is C12H14N2OS. The molecule has 0 amide bonds. The first-order chi connectivity index (χ1) is 7.66. The first-order valence-corrected chi connectivity index (χ1v) is 5.99. The van der Waals surface area contributed by atoms with Crippen LogP contribution in [-0.4, -0.2) is 15.1 Å². The molecule has 1 unspecified atom stereocenters. The maximum atomic E-state index is 10.0. The molecule has 16 heavy (non-hydrogen) atoms. The van der Waals surface area contributed by atoms with Crippen LogP contribution in [0.4, 0.5) is 0 Å². The van der Waals surface area contributed by atoms with Crippen LogP contribution in [0.3, 0.4) is 0 Å². The van der Waals surface area contributed by atoms with Crippen LogP contribution in [-0.2, 0) is 6.42 Å². The molecule has 1 N–H and O–H groups in total. The standard InChI is InChI=1S/C12H14N2OS/c1-8-4-3-5-13-10(8)6-11(15)12-7-14-9(2)16-12/h3-5,7,11,15H,6H2,1-2H3. The number of aryl methyl sites for hydroxylation is 2. The molecule has 4 heteroatoms. The summed E-state index contributed by atoms with van der Waals surface area (Å²) in [6.45, 7) is 3.94. The van der Waals surface area contributed by atoms with Crippen LogP contribution in [0.25, 0.3) is 0 Å². The Morgan fingerprint density at radius 1 is 1.38 bits per heavy atom. The second kappa shape index (κ2) is 4.72. The van der Waals surface area contributed by atoms with Gasteiger partial charge in [-0.15, -0.1) is 11.3 Å². The van der Waals surface area contributed by atoms with Crippen molar-refractivity contribution in [2.24, 2.45) is 0 Å². The maximum Gasteiger partial charge on any atom is 0.0953 e. The molecule has 2 aromatic rings. The van der Waals surface area contributed by atoms with E-state index in [1.807, 2.05) is 26.0 Å². The zero-order chi connectivity index (χ0) is 11.5. The molecule has 1 atom stereocenters. The Labute approximate surface area is 98.8 Å². The van der Waals surface area contributed by atoms with Gasteiger partial charge in [0.15, 0.2) is 0 Å². The van der Waals surface area contributed by atoms with Crippen molar-refractivity contribution in [1.29, 1.82) is 0 Å². The number of hydrogen-bond acceptors (Lipinski definition) is 4. The molecule has 0 radical (unpaired) electrons. The van der Waals surface area contributed by atoms with Crippen molar-refractivity contribution in [3.63, 3.8) is 0 Å². The van der Waals surface area contributed by atoms with E-state index < -0.39 is 6.10 Å². The predicted molar refractivity (Wildman–Crippen MR) is 64.5 cm³/mol. The highest BCUT2D eigenvalue weighted by molar-refractivity contribution is 7.11. The van der Waals surface area contributed by atoms with Gasteiger partial charge in [0.05, 0.1) is 16.0 Å². The summed E-state index contributed by atoms with van der Waals surface area (Å²) in [6.07, 6.45) is 3.55. The van der Waals surface area contributed by atoms with Crippen LogP contribution in [0.2, 0.25) is 0 Å². The lowest BCUT2D eigenvalue weighted by molar-refractivity contribution is 0.180. The quantitative estimate of drug-likeness (QED) is 0.887. The molecule has 0 aliphatic heterocycles. The van der Waals surface area contributed by atoms with Gasteiger partial charge in [0.2, 0.25) is 0 Å². The minimum Gasteiger partial charge on any atom is -0.387 e. The Balaban J connectivity index is 2.13. The number of thiazole rings is 1. The third kappa shape index (κ3) is 2.46. The molecule has 0 aliphatic carbocycles. The molecule has 2 heterocycles. The van der Waals surface area contributed by atoms with E-state index >= 15 is 0 Å². The van der Waals surface area contributed by atoms with Crippen molar-refractivity contribution < 1.29 is 5.11 Å². The van der Waals surface area contributed by atoms with Gasteiger partial charge in [0, 0.05) is 24.5 Å². The Morgan fingerprint density at radius 3 is 2.81 bits per heavy atom. The molecule has 2 rings (SSSR count). The highest BCUT2D eigenvalue weighted by atomic mass is 32.1. The molecule has 0 saturated heterocycles. The topological polar surface area (TPSA) is 46.0 Å². The zero-order valence-electron chi connectivity index (χ0n) is 9.34. The van der Waals surface area contributed by atoms with Gasteiger partial charge in [-0.25, -0.2) is 4.98 Å². The lowest BCUT2D eigenvalue weighted by atomic mass is 10.1. The van der Waals surface area contributed by atoms with Gasteiger partial charge < -0.3 is 5.11 Å². The monoisotopic (exact) mass is 234 g/mol. The normalized spacial score (nSPS) is 12.7. The molecular weight excluding hydrogens is 220 g/mol. The van der Waals surface area contributed by atoms with Gasteiger partial charge in [-0.2, -0.15) is 0 Å². The highest BCUT2D eigenvalue weighted by Crippen LogP contribution is 2.23. The molecule has 0 saturated carbocycles. The summed E-state index contributed by atoms with van der Waals surface area (Å²) >= 11 is 1.53. The summed E-state index contributed by atoms with van der Waals surface area (Å²) in [5.74, 6) is 0. The number of aliphatic hydroxyl groups excluding tert-OH is 1. The molecule has 0 aliphatic rings. The fraction of sp³-hybridized carbons (Fsp3) is 0.333. The highest BCUT2D eigenvalue weighted by Gasteiger charge is 2.13. The molecule has 0 bridgehead atoms. The van der Waals surface area contributed by atoms with Gasteiger partial charge in [0.25, 0.3) is 0 Å². The van der Waals surface area contributed by atoms with Crippen molar-refractivity contribution >= 4 is 11.3 Å². The van der Waals surface area contributed by atoms with Crippen molar-refractivity contribution in [3.8, 4) is 0 Å². The van der Waals surface area contributed by atoms with Crippen LogP contribution in [0.1, 0.15) is 27.2 Å². The van der Waals surface area contributed by atoms with Gasteiger partial charge in [-0.1, -0.05) is 6.07 Å². The Hall–Kier alpha value is -1.26. The fourth-order valence-corrected chi connectivity index (χ4v) is 2.32. The fourth-order valence-electron chi connectivity index (χ4n) is 1.55. The molecule has 0 aromatic carbocycles. The number of aliphatic hydroxyl groups is 1. The van der Waals surface area contributed by atoms with Crippen molar-refractivity contribution in [2.75, 3.05) is 0 Å². The minimum absolute atomic E-state index is 0.500. The average molecular weight is 234 g/mol. The molecule has 84 valence electrons. The van der Waals surface area contributed by atoms with Crippen molar-refractivity contribution in [1.82, 2.24) is 9.97 Å². The first kappa shape index (κ1) is 11.2. The van der Waals surface area contributed by atoms with Gasteiger partial charge in [-0.05, 0) is 25.5 Å². The third-order valence-corrected chi connectivity index (χ3v) is 3.49. The summed E-state index contributed by atoms with van der Waals surface area (Å²) in [7, 11) is 0. The molecule has 0 spiro atoms. The Bertz CT molecular complexity index is 481. The summed E-state index contributed by atoms with van der Waals surface area (Å²) in [5.41, 5.74) is 2.06. The van der Waals surface area contributed by atoms with E-state index in [-0.39, 0.29) is 0 Å². The molecule has 2 aromatic heterocycles. The Kier molecular flexibility index (Phi) is 3.31. The largest absolute Gasteiger partial charge is 0.387 e. The Morgan fingerprint density at radius 2 is 2.19 bits per heavy atom. The first-order valence-electron chi connectivity index (χ1n) is 5.17. The summed E-state index contributed by atoms with van der Waals surface area (Å²) in [5, 5.41) is 11.0. The average Bonchev–Trinajstić information content (AvgIpc) is 2.68. The smallest absolute Gasteiger partial charge is 0.0953 e. The SMILES string of the molecule is Cc1ncc(C(O)Cc2ncccc2C)s1. The van der Waals surface area contributed by atoms with Gasteiger partial charge in [-0.3, -0.25) is 4.98 Å². The summed E-state index contributed by atoms with van der Waals surface area (Å²) in [6, 6.07) is 3.91. The molecule has 0 fully saturated rings. The van der Waals surface area contributed by atoms with Gasteiger partial charge >= 0.3 is 0 Å². The lowest BCUT2D eigenvalue weighted by Gasteiger charge is -2.09. The van der Waals surface area contributed by atoms with E-state index in [9.17, 15) is 5.11 Å². The van der Waals surface area contributed by atoms with Crippen LogP contribution < -0.4 is 0 Å². The predicted octanol–water partition coefficient (Wildman–Crippen LogP) is 2.43. The summed E-state index contributed by atoms with van der Waals surface area (Å²) < 4.78 is 0. The van der Waals surface area contributed by atoms with E-state index in [1.54, 1.807) is 12.4 Å². The summed E-state index contributed by atoms with van der Waals surface area (Å²) in [4.78, 5) is 9.32.